The number of rotatable bonds is 4. The van der Waals surface area contributed by atoms with Gasteiger partial charge in [-0.25, -0.2) is 4.79 Å². The predicted octanol–water partition coefficient (Wildman–Crippen LogP) is 3.42. The Morgan fingerprint density at radius 2 is 2.10 bits per heavy atom. The number of ether oxygens (including phenoxy) is 1. The number of carbonyl (C=O) groups excluding carboxylic acids is 2. The topological polar surface area (TPSA) is 67.2 Å². The molecule has 0 fully saturated rings. The third kappa shape index (κ3) is 3.53. The van der Waals surface area contributed by atoms with Gasteiger partial charge < -0.3 is 4.74 Å². The van der Waals surface area contributed by atoms with Crippen LogP contribution in [-0.2, 0) is 4.74 Å². The van der Waals surface area contributed by atoms with Crippen LogP contribution in [0, 0.1) is 11.3 Å². The van der Waals surface area contributed by atoms with E-state index >= 15 is 0 Å². The maximum absolute atomic E-state index is 11.8. The van der Waals surface area contributed by atoms with Crippen LogP contribution in [0.1, 0.15) is 25.6 Å². The zero-order valence-corrected chi connectivity index (χ0v) is 12.5. The van der Waals surface area contributed by atoms with Gasteiger partial charge in [-0.1, -0.05) is 6.07 Å². The molecule has 0 N–H and O–H groups in total. The van der Waals surface area contributed by atoms with Crippen LogP contribution in [0.15, 0.2) is 40.2 Å². The fourth-order valence-corrected chi connectivity index (χ4v) is 2.78. The molecule has 1 aromatic carbocycles. The van der Waals surface area contributed by atoms with E-state index in [0.29, 0.717) is 10.4 Å². The van der Waals surface area contributed by atoms with Crippen molar-refractivity contribution in [3.05, 3.63) is 56.2 Å². The summed E-state index contributed by atoms with van der Waals surface area (Å²) in [4.78, 5) is 24.1. The van der Waals surface area contributed by atoms with Crippen LogP contribution in [-0.4, -0.2) is 18.4 Å². The van der Waals surface area contributed by atoms with Gasteiger partial charge in [0.2, 0.25) is 5.78 Å². The highest BCUT2D eigenvalue weighted by atomic mass is 79.9. The Balaban J connectivity index is 1.98. The summed E-state index contributed by atoms with van der Waals surface area (Å²) in [7, 11) is 0. The highest BCUT2D eigenvalue weighted by Gasteiger charge is 2.13. The third-order valence-electron chi connectivity index (χ3n) is 2.41. The van der Waals surface area contributed by atoms with Crippen molar-refractivity contribution in [1.29, 1.82) is 5.26 Å². The first kappa shape index (κ1) is 14.4. The van der Waals surface area contributed by atoms with E-state index in [1.54, 1.807) is 24.3 Å². The van der Waals surface area contributed by atoms with E-state index in [2.05, 4.69) is 15.9 Å². The van der Waals surface area contributed by atoms with Gasteiger partial charge in [-0.05, 0) is 46.3 Å². The fourth-order valence-electron chi connectivity index (χ4n) is 1.47. The molecule has 4 nitrogen and oxygen atoms in total. The Bertz CT molecular complexity index is 702. The first-order valence-corrected chi connectivity index (χ1v) is 7.17. The van der Waals surface area contributed by atoms with E-state index in [1.807, 2.05) is 6.07 Å². The van der Waals surface area contributed by atoms with Crippen molar-refractivity contribution in [1.82, 2.24) is 0 Å². The van der Waals surface area contributed by atoms with Crippen molar-refractivity contribution in [3.8, 4) is 6.07 Å². The van der Waals surface area contributed by atoms with Crippen LogP contribution < -0.4 is 0 Å². The average Bonchev–Trinajstić information content (AvgIpc) is 2.91. The summed E-state index contributed by atoms with van der Waals surface area (Å²) in [5, 5.41) is 8.75. The van der Waals surface area contributed by atoms with Gasteiger partial charge in [-0.3, -0.25) is 4.79 Å². The Hall–Kier alpha value is -1.97. The van der Waals surface area contributed by atoms with Crippen LogP contribution >= 0.6 is 27.3 Å². The summed E-state index contributed by atoms with van der Waals surface area (Å²) in [6.07, 6.45) is 0. The lowest BCUT2D eigenvalue weighted by Gasteiger charge is -2.03. The molecule has 20 heavy (non-hydrogen) atoms. The highest BCUT2D eigenvalue weighted by Crippen LogP contribution is 2.22. The second-order valence-electron chi connectivity index (χ2n) is 3.80. The number of benzene rings is 1. The van der Waals surface area contributed by atoms with Crippen LogP contribution in [0.3, 0.4) is 0 Å². The van der Waals surface area contributed by atoms with E-state index in [9.17, 15) is 9.59 Å². The van der Waals surface area contributed by atoms with Gasteiger partial charge in [0.1, 0.15) is 0 Å². The number of carbonyl (C=O) groups is 2. The molecule has 0 aliphatic carbocycles. The van der Waals surface area contributed by atoms with Gasteiger partial charge in [0.05, 0.1) is 25.9 Å². The second-order valence-corrected chi connectivity index (χ2v) is 6.26. The lowest BCUT2D eigenvalue weighted by atomic mass is 10.1. The van der Waals surface area contributed by atoms with E-state index in [4.69, 9.17) is 10.00 Å². The molecule has 0 unspecified atom stereocenters. The standard InChI is InChI=1S/C14H8BrNO3S/c15-13-5-4-12(20-13)11(17)8-19-14(18)10-3-1-2-9(6-10)7-16/h1-6H,8H2. The Morgan fingerprint density at radius 3 is 2.75 bits per heavy atom. The molecule has 2 aromatic rings. The van der Waals surface area contributed by atoms with Crippen molar-refractivity contribution in [2.45, 2.75) is 0 Å². The first-order valence-electron chi connectivity index (χ1n) is 5.56. The molecule has 0 radical (unpaired) electrons. The summed E-state index contributed by atoms with van der Waals surface area (Å²) >= 11 is 4.54. The third-order valence-corrected chi connectivity index (χ3v) is 4.07. The monoisotopic (exact) mass is 349 g/mol. The number of hydrogen-bond donors (Lipinski definition) is 0. The molecule has 0 saturated heterocycles. The van der Waals surface area contributed by atoms with Gasteiger partial charge in [-0.2, -0.15) is 5.26 Å². The van der Waals surface area contributed by atoms with E-state index in [-0.39, 0.29) is 18.0 Å². The summed E-state index contributed by atoms with van der Waals surface area (Å²) in [6, 6.07) is 11.5. The predicted molar refractivity (Wildman–Crippen MR) is 77.8 cm³/mol. The number of Topliss-reactive ketones (excluding diaryl/α,β-unsaturated/α-hetero) is 1. The molecule has 100 valence electrons. The zero-order chi connectivity index (χ0) is 14.5. The molecule has 6 heteroatoms. The number of halogens is 1. The Kier molecular flexibility index (Phi) is 4.66. The molecule has 0 amide bonds. The van der Waals surface area contributed by atoms with Crippen molar-refractivity contribution in [2.24, 2.45) is 0 Å². The first-order chi connectivity index (χ1) is 9.60. The van der Waals surface area contributed by atoms with E-state index in [0.717, 1.165) is 3.79 Å². The normalized spacial score (nSPS) is 9.80. The van der Waals surface area contributed by atoms with E-state index in [1.165, 1.54) is 23.5 Å². The number of nitriles is 1. The summed E-state index contributed by atoms with van der Waals surface area (Å²) in [5.74, 6) is -0.878. The molecule has 2 rings (SSSR count). The van der Waals surface area contributed by atoms with Crippen molar-refractivity contribution >= 4 is 39.0 Å². The van der Waals surface area contributed by atoms with Crippen molar-refractivity contribution in [2.75, 3.05) is 6.61 Å². The molecular formula is C14H8BrNO3S. The van der Waals surface area contributed by atoms with Crippen LogP contribution in [0.5, 0.6) is 0 Å². The number of ketones is 1. The minimum absolute atomic E-state index is 0.254. The van der Waals surface area contributed by atoms with Gasteiger partial charge in [0.15, 0.2) is 6.61 Å². The molecule has 0 spiro atoms. The van der Waals surface area contributed by atoms with Gasteiger partial charge in [0.25, 0.3) is 0 Å². The van der Waals surface area contributed by atoms with Crippen molar-refractivity contribution in [3.63, 3.8) is 0 Å². The van der Waals surface area contributed by atoms with Crippen LogP contribution in [0.4, 0.5) is 0 Å². The minimum Gasteiger partial charge on any atom is -0.454 e. The lowest BCUT2D eigenvalue weighted by molar-refractivity contribution is 0.0476. The molecule has 0 aliphatic heterocycles. The quantitative estimate of drug-likeness (QED) is 0.626. The number of nitrogens with zero attached hydrogens (tertiary/aromatic N) is 1. The fraction of sp³-hybridized carbons (Fsp3) is 0.0714. The van der Waals surface area contributed by atoms with E-state index < -0.39 is 5.97 Å². The van der Waals surface area contributed by atoms with Gasteiger partial charge in [0, 0.05) is 0 Å². The molecule has 0 saturated carbocycles. The minimum atomic E-state index is -0.619. The lowest BCUT2D eigenvalue weighted by Crippen LogP contribution is -2.13. The molecule has 0 aliphatic rings. The Labute approximate surface area is 127 Å². The van der Waals surface area contributed by atoms with Crippen LogP contribution in [0.25, 0.3) is 0 Å². The largest absolute Gasteiger partial charge is 0.454 e. The Morgan fingerprint density at radius 1 is 1.30 bits per heavy atom. The molecule has 0 atom stereocenters. The summed E-state index contributed by atoms with van der Waals surface area (Å²) in [6.45, 7) is -0.317. The molecule has 1 aromatic heterocycles. The number of thiophene rings is 1. The maximum Gasteiger partial charge on any atom is 0.338 e. The molecular weight excluding hydrogens is 342 g/mol. The number of esters is 1. The SMILES string of the molecule is N#Cc1cccc(C(=O)OCC(=O)c2ccc(Br)s2)c1. The van der Waals surface area contributed by atoms with Gasteiger partial charge in [-0.15, -0.1) is 11.3 Å². The van der Waals surface area contributed by atoms with Crippen LogP contribution in [0.2, 0.25) is 0 Å². The zero-order valence-electron chi connectivity index (χ0n) is 10.1. The highest BCUT2D eigenvalue weighted by molar-refractivity contribution is 9.11. The van der Waals surface area contributed by atoms with Gasteiger partial charge >= 0.3 is 5.97 Å². The number of hydrogen-bond acceptors (Lipinski definition) is 5. The smallest absolute Gasteiger partial charge is 0.338 e. The molecule has 1 heterocycles. The van der Waals surface area contributed by atoms with Crippen molar-refractivity contribution < 1.29 is 14.3 Å². The molecule has 0 bridgehead atoms. The summed E-state index contributed by atoms with van der Waals surface area (Å²) < 4.78 is 5.79. The average molecular weight is 350 g/mol. The maximum atomic E-state index is 11.8. The second kappa shape index (κ2) is 6.46. The summed E-state index contributed by atoms with van der Waals surface area (Å²) in [5.41, 5.74) is 0.622.